The summed E-state index contributed by atoms with van der Waals surface area (Å²) in [7, 11) is 0. The number of esters is 1. The first-order chi connectivity index (χ1) is 6.93. The van der Waals surface area contributed by atoms with Crippen molar-refractivity contribution in [3.05, 3.63) is 12.2 Å². The Bertz CT molecular complexity index is 284. The Labute approximate surface area is 86.9 Å². The minimum absolute atomic E-state index is 0.0192. The van der Waals surface area contributed by atoms with Crippen molar-refractivity contribution in [3.63, 3.8) is 0 Å². The Balaban J connectivity index is 3.62. The number of rotatable bonds is 6. The van der Waals surface area contributed by atoms with Gasteiger partial charge in [-0.15, -0.1) is 0 Å². The zero-order chi connectivity index (χ0) is 11.8. The first-order valence-corrected chi connectivity index (χ1v) is 4.24. The second-order valence-corrected chi connectivity index (χ2v) is 2.79. The maximum Gasteiger partial charge on any atom is 0.331 e. The van der Waals surface area contributed by atoms with E-state index in [0.717, 1.165) is 0 Å². The smallest absolute Gasteiger partial charge is 0.331 e. The largest absolute Gasteiger partial charge is 0.478 e. The van der Waals surface area contributed by atoms with E-state index in [1.54, 1.807) is 0 Å². The fourth-order valence-corrected chi connectivity index (χ4v) is 0.693. The van der Waals surface area contributed by atoms with Crippen molar-refractivity contribution in [3.8, 4) is 0 Å². The molecule has 0 unspecified atom stereocenters. The summed E-state index contributed by atoms with van der Waals surface area (Å²) in [4.78, 5) is 31.6. The molecule has 0 spiro atoms. The summed E-state index contributed by atoms with van der Waals surface area (Å²) >= 11 is 0. The molecule has 0 fully saturated rings. The fourth-order valence-electron chi connectivity index (χ4n) is 0.693. The minimum atomic E-state index is -1.23. The van der Waals surface area contributed by atoms with Crippen LogP contribution in [0.15, 0.2) is 12.2 Å². The molecule has 0 radical (unpaired) electrons. The average molecular weight is 215 g/mol. The van der Waals surface area contributed by atoms with Gasteiger partial charge in [0.1, 0.15) is 6.61 Å². The van der Waals surface area contributed by atoms with E-state index < -0.39 is 11.9 Å². The van der Waals surface area contributed by atoms with Gasteiger partial charge in [-0.2, -0.15) is 0 Å². The third kappa shape index (κ3) is 7.24. The number of carboxylic acids is 1. The molecule has 0 rings (SSSR count). The van der Waals surface area contributed by atoms with Gasteiger partial charge in [0, 0.05) is 12.5 Å². The Hall–Kier alpha value is -1.85. The number of ether oxygens (including phenoxy) is 1. The van der Waals surface area contributed by atoms with Gasteiger partial charge in [0.05, 0.1) is 13.0 Å². The van der Waals surface area contributed by atoms with E-state index in [-0.39, 0.29) is 31.1 Å². The molecule has 0 atom stereocenters. The number of nitrogens with one attached hydrogen (secondary N) is 1. The van der Waals surface area contributed by atoms with Gasteiger partial charge in [-0.3, -0.25) is 9.59 Å². The molecule has 0 heterocycles. The molecule has 0 aliphatic rings. The molecule has 6 heteroatoms. The van der Waals surface area contributed by atoms with Gasteiger partial charge in [0.2, 0.25) is 5.91 Å². The summed E-state index contributed by atoms with van der Waals surface area (Å²) in [6, 6.07) is 0. The first kappa shape index (κ1) is 13.2. The van der Waals surface area contributed by atoms with Crippen molar-refractivity contribution in [1.82, 2.24) is 5.32 Å². The van der Waals surface area contributed by atoms with Gasteiger partial charge in [0.25, 0.3) is 0 Å². The van der Waals surface area contributed by atoms with Crippen LogP contribution in [0.3, 0.4) is 0 Å². The summed E-state index contributed by atoms with van der Waals surface area (Å²) in [5.74, 6) is -2.12. The normalized spacial score (nSPS) is 9.13. The highest BCUT2D eigenvalue weighted by Gasteiger charge is 2.10. The number of aliphatic carboxylic acids is 1. The van der Waals surface area contributed by atoms with E-state index in [1.165, 1.54) is 6.92 Å². The van der Waals surface area contributed by atoms with Crippen LogP contribution < -0.4 is 5.32 Å². The number of carbonyl (C=O) groups excluding carboxylic acids is 2. The standard InChI is InChI=1S/C9H13NO5/c1-6(9(13)14)5-8(12)15-4-3-10-7(2)11/h1,3-5H2,2H3,(H,10,11)(H,13,14). The molecule has 0 saturated carbocycles. The summed E-state index contributed by atoms with van der Waals surface area (Å²) in [6.45, 7) is 4.75. The Morgan fingerprint density at radius 3 is 2.47 bits per heavy atom. The zero-order valence-electron chi connectivity index (χ0n) is 8.41. The quantitative estimate of drug-likeness (QED) is 0.360. The molecule has 0 aliphatic heterocycles. The van der Waals surface area contributed by atoms with Crippen LogP contribution >= 0.6 is 0 Å². The van der Waals surface area contributed by atoms with E-state index >= 15 is 0 Å². The van der Waals surface area contributed by atoms with Crippen LogP contribution in [0.1, 0.15) is 13.3 Å². The van der Waals surface area contributed by atoms with Crippen molar-refractivity contribution < 1.29 is 24.2 Å². The van der Waals surface area contributed by atoms with Crippen LogP contribution in [0.25, 0.3) is 0 Å². The highest BCUT2D eigenvalue weighted by atomic mass is 16.5. The van der Waals surface area contributed by atoms with Crippen LogP contribution in [0.5, 0.6) is 0 Å². The van der Waals surface area contributed by atoms with Crippen LogP contribution in [0.4, 0.5) is 0 Å². The lowest BCUT2D eigenvalue weighted by molar-refractivity contribution is -0.144. The molecular weight excluding hydrogens is 202 g/mol. The SMILES string of the molecule is C=C(CC(=O)OCCNC(C)=O)C(=O)O. The van der Waals surface area contributed by atoms with Crippen LogP contribution in [0.2, 0.25) is 0 Å². The van der Waals surface area contributed by atoms with E-state index in [0.29, 0.717) is 0 Å². The molecule has 0 saturated heterocycles. The molecule has 6 nitrogen and oxygen atoms in total. The molecule has 84 valence electrons. The third-order valence-corrected chi connectivity index (χ3v) is 1.40. The highest BCUT2D eigenvalue weighted by molar-refractivity contribution is 5.91. The van der Waals surface area contributed by atoms with Gasteiger partial charge in [-0.05, 0) is 0 Å². The molecule has 15 heavy (non-hydrogen) atoms. The molecule has 1 amide bonds. The van der Waals surface area contributed by atoms with Crippen molar-refractivity contribution >= 4 is 17.8 Å². The predicted molar refractivity (Wildman–Crippen MR) is 51.0 cm³/mol. The molecule has 0 aliphatic carbocycles. The van der Waals surface area contributed by atoms with Gasteiger partial charge < -0.3 is 15.2 Å². The predicted octanol–water partition coefficient (Wildman–Crippen LogP) is -0.303. The monoisotopic (exact) mass is 215 g/mol. The Morgan fingerprint density at radius 2 is 2.00 bits per heavy atom. The molecule has 0 aromatic carbocycles. The Morgan fingerprint density at radius 1 is 1.40 bits per heavy atom. The van der Waals surface area contributed by atoms with Crippen LogP contribution in [0, 0.1) is 0 Å². The van der Waals surface area contributed by atoms with Crippen LogP contribution in [-0.2, 0) is 19.1 Å². The number of amides is 1. The fraction of sp³-hybridized carbons (Fsp3) is 0.444. The lowest BCUT2D eigenvalue weighted by atomic mass is 10.2. The second-order valence-electron chi connectivity index (χ2n) is 2.79. The third-order valence-electron chi connectivity index (χ3n) is 1.40. The van der Waals surface area contributed by atoms with Gasteiger partial charge in [-0.25, -0.2) is 4.79 Å². The summed E-state index contributed by atoms with van der Waals surface area (Å²) in [6.07, 6.45) is -0.352. The van der Waals surface area contributed by atoms with E-state index in [2.05, 4.69) is 16.6 Å². The maximum atomic E-state index is 10.9. The maximum absolute atomic E-state index is 10.9. The average Bonchev–Trinajstić information content (AvgIpc) is 2.12. The van der Waals surface area contributed by atoms with Crippen molar-refractivity contribution in [2.24, 2.45) is 0 Å². The number of hydrogen-bond donors (Lipinski definition) is 2. The summed E-state index contributed by atoms with van der Waals surface area (Å²) in [5.41, 5.74) is -0.223. The number of hydrogen-bond acceptors (Lipinski definition) is 4. The van der Waals surface area contributed by atoms with Crippen molar-refractivity contribution in [1.29, 1.82) is 0 Å². The Kier molecular flexibility index (Phi) is 5.77. The molecule has 2 N–H and O–H groups in total. The molecule has 0 aromatic rings. The van der Waals surface area contributed by atoms with E-state index in [9.17, 15) is 14.4 Å². The molecular formula is C9H13NO5. The van der Waals surface area contributed by atoms with Gasteiger partial charge >= 0.3 is 11.9 Å². The highest BCUT2D eigenvalue weighted by Crippen LogP contribution is 1.99. The lowest BCUT2D eigenvalue weighted by Crippen LogP contribution is -2.25. The van der Waals surface area contributed by atoms with Crippen molar-refractivity contribution in [2.45, 2.75) is 13.3 Å². The molecule has 0 bridgehead atoms. The lowest BCUT2D eigenvalue weighted by Gasteiger charge is -2.04. The second kappa shape index (κ2) is 6.58. The molecule has 0 aromatic heterocycles. The minimum Gasteiger partial charge on any atom is -0.478 e. The van der Waals surface area contributed by atoms with E-state index in [4.69, 9.17) is 5.11 Å². The van der Waals surface area contributed by atoms with Crippen molar-refractivity contribution in [2.75, 3.05) is 13.2 Å². The van der Waals surface area contributed by atoms with Crippen LogP contribution in [-0.4, -0.2) is 36.1 Å². The van der Waals surface area contributed by atoms with Gasteiger partial charge in [-0.1, -0.05) is 6.58 Å². The van der Waals surface area contributed by atoms with E-state index in [1.807, 2.05) is 0 Å². The van der Waals surface area contributed by atoms with Gasteiger partial charge in [0.15, 0.2) is 0 Å². The first-order valence-electron chi connectivity index (χ1n) is 4.24. The number of carboxylic acid groups (broad SMARTS) is 1. The number of carbonyl (C=O) groups is 3. The summed E-state index contributed by atoms with van der Waals surface area (Å²) < 4.78 is 4.64. The summed E-state index contributed by atoms with van der Waals surface area (Å²) in [5, 5.41) is 10.8. The topological polar surface area (TPSA) is 92.7 Å². The zero-order valence-corrected chi connectivity index (χ0v) is 8.41.